The van der Waals surface area contributed by atoms with E-state index in [1.54, 1.807) is 29.1 Å². The first kappa shape index (κ1) is 8.90. The van der Waals surface area contributed by atoms with Gasteiger partial charge in [0.15, 0.2) is 5.75 Å². The molecule has 2 rings (SSSR count). The molecular weight excluding hydrogens is 198 g/mol. The van der Waals surface area contributed by atoms with E-state index in [-0.39, 0.29) is 5.75 Å². The van der Waals surface area contributed by atoms with Gasteiger partial charge in [-0.05, 0) is 12.1 Å². The molecule has 1 aromatic carbocycles. The smallest absolute Gasteiger partial charge is 0.220 e. The molecule has 0 aliphatic carbocycles. The minimum Gasteiger partial charge on any atom is -0.504 e. The molecule has 14 heavy (non-hydrogen) atoms. The van der Waals surface area contributed by atoms with Gasteiger partial charge in [0.25, 0.3) is 0 Å². The summed E-state index contributed by atoms with van der Waals surface area (Å²) in [5.74, 6) is -0.249. The van der Waals surface area contributed by atoms with Crippen molar-refractivity contribution in [3.63, 3.8) is 0 Å². The van der Waals surface area contributed by atoms with E-state index in [4.69, 9.17) is 0 Å². The summed E-state index contributed by atoms with van der Waals surface area (Å²) < 4.78 is 0. The quantitative estimate of drug-likeness (QED) is 0.773. The lowest BCUT2D eigenvalue weighted by Crippen LogP contribution is -1.94. The van der Waals surface area contributed by atoms with Gasteiger partial charge in [0.1, 0.15) is 0 Å². The number of aromatic hydroxyl groups is 1. The summed E-state index contributed by atoms with van der Waals surface area (Å²) in [5, 5.41) is 11.4. The van der Waals surface area contributed by atoms with Crippen LogP contribution in [0, 0.1) is 0 Å². The van der Waals surface area contributed by atoms with Gasteiger partial charge >= 0.3 is 0 Å². The van der Waals surface area contributed by atoms with E-state index in [0.29, 0.717) is 11.3 Å². The fraction of sp³-hybridized carbons (Fsp3) is 0. The van der Waals surface area contributed by atoms with Crippen LogP contribution in [0.1, 0.15) is 0 Å². The van der Waals surface area contributed by atoms with Gasteiger partial charge in [0.2, 0.25) is 5.43 Å². The summed E-state index contributed by atoms with van der Waals surface area (Å²) in [6.07, 6.45) is 0. The van der Waals surface area contributed by atoms with Gasteiger partial charge in [-0.3, -0.25) is 4.79 Å². The zero-order chi connectivity index (χ0) is 9.97. The number of hydrogen-bond donors (Lipinski definition) is 1. The average Bonchev–Trinajstić information content (AvgIpc) is 2.64. The second-order valence-corrected chi connectivity index (χ2v) is 3.44. The van der Waals surface area contributed by atoms with Crippen LogP contribution in [-0.2, 0) is 0 Å². The molecule has 4 heteroatoms. The first-order chi connectivity index (χ1) is 6.79. The van der Waals surface area contributed by atoms with Gasteiger partial charge in [0, 0.05) is 10.9 Å². The summed E-state index contributed by atoms with van der Waals surface area (Å²) in [6, 6.07) is 6.30. The predicted octanol–water partition coefficient (Wildman–Crippen LogP) is 1.88. The van der Waals surface area contributed by atoms with E-state index in [9.17, 15) is 9.90 Å². The van der Waals surface area contributed by atoms with Gasteiger partial charge < -0.3 is 5.11 Å². The third-order valence-electron chi connectivity index (χ3n) is 1.82. The standard InChI is InChI=1S/C10H7NO2S/c12-9-4-2-1-3-7(10(9)13)8-5-14-6-11-8/h1-6H,(H,12,13). The fourth-order valence-electron chi connectivity index (χ4n) is 1.14. The van der Waals surface area contributed by atoms with Crippen LogP contribution >= 0.6 is 11.3 Å². The maximum atomic E-state index is 11.3. The molecule has 0 spiro atoms. The Morgan fingerprint density at radius 3 is 2.79 bits per heavy atom. The van der Waals surface area contributed by atoms with Crippen LogP contribution < -0.4 is 5.43 Å². The van der Waals surface area contributed by atoms with Crippen molar-refractivity contribution in [1.29, 1.82) is 0 Å². The Labute approximate surface area is 84.3 Å². The van der Waals surface area contributed by atoms with E-state index in [0.717, 1.165) is 0 Å². The number of rotatable bonds is 1. The molecule has 1 N–H and O–H groups in total. The monoisotopic (exact) mass is 205 g/mol. The summed E-state index contributed by atoms with van der Waals surface area (Å²) in [4.78, 5) is 15.3. The summed E-state index contributed by atoms with van der Waals surface area (Å²) in [7, 11) is 0. The Hall–Kier alpha value is -1.68. The highest BCUT2D eigenvalue weighted by atomic mass is 32.1. The van der Waals surface area contributed by atoms with Gasteiger partial charge in [-0.25, -0.2) is 4.98 Å². The van der Waals surface area contributed by atoms with Crippen molar-refractivity contribution in [3.05, 3.63) is 45.4 Å². The van der Waals surface area contributed by atoms with Gasteiger partial charge in [0.05, 0.1) is 11.2 Å². The molecule has 0 atom stereocenters. The molecule has 0 bridgehead atoms. The lowest BCUT2D eigenvalue weighted by Gasteiger charge is -1.93. The van der Waals surface area contributed by atoms with Gasteiger partial charge in [-0.15, -0.1) is 11.3 Å². The molecule has 0 fully saturated rings. The Kier molecular flexibility index (Phi) is 2.28. The second-order valence-electron chi connectivity index (χ2n) is 2.72. The largest absolute Gasteiger partial charge is 0.504 e. The lowest BCUT2D eigenvalue weighted by molar-refractivity contribution is 0.473. The Balaban J connectivity index is 2.73. The van der Waals surface area contributed by atoms with Gasteiger partial charge in [-0.1, -0.05) is 12.1 Å². The van der Waals surface area contributed by atoms with E-state index >= 15 is 0 Å². The molecule has 0 unspecified atom stereocenters. The summed E-state index contributed by atoms with van der Waals surface area (Å²) >= 11 is 1.42. The molecule has 2 aromatic rings. The summed E-state index contributed by atoms with van der Waals surface area (Å²) in [5.41, 5.74) is 2.37. The van der Waals surface area contributed by atoms with Crippen LogP contribution in [0.25, 0.3) is 11.3 Å². The van der Waals surface area contributed by atoms with Crippen molar-refractivity contribution in [2.75, 3.05) is 0 Å². The van der Waals surface area contributed by atoms with Crippen LogP contribution in [0.4, 0.5) is 0 Å². The minimum atomic E-state index is -0.391. The van der Waals surface area contributed by atoms with E-state index < -0.39 is 5.43 Å². The molecule has 70 valence electrons. The van der Waals surface area contributed by atoms with Crippen LogP contribution in [0.5, 0.6) is 5.75 Å². The van der Waals surface area contributed by atoms with Crippen molar-refractivity contribution in [2.45, 2.75) is 0 Å². The topological polar surface area (TPSA) is 50.2 Å². The average molecular weight is 205 g/mol. The number of thiazole rings is 1. The molecule has 0 amide bonds. The molecule has 3 nitrogen and oxygen atoms in total. The number of aromatic nitrogens is 1. The number of nitrogens with zero attached hydrogens (tertiary/aromatic N) is 1. The van der Waals surface area contributed by atoms with Gasteiger partial charge in [-0.2, -0.15) is 0 Å². The molecule has 0 saturated carbocycles. The van der Waals surface area contributed by atoms with E-state index in [2.05, 4.69) is 4.98 Å². The lowest BCUT2D eigenvalue weighted by atomic mass is 10.2. The molecular formula is C10H7NO2S. The zero-order valence-corrected chi connectivity index (χ0v) is 7.99. The highest BCUT2D eigenvalue weighted by molar-refractivity contribution is 7.07. The van der Waals surface area contributed by atoms with Crippen molar-refractivity contribution in [2.24, 2.45) is 0 Å². The Bertz CT molecular complexity index is 494. The van der Waals surface area contributed by atoms with E-state index in [1.165, 1.54) is 17.4 Å². The molecule has 0 aliphatic rings. The molecule has 0 radical (unpaired) electrons. The SMILES string of the molecule is O=c1ccccc(-c2cscn2)c1O. The number of hydrogen-bond acceptors (Lipinski definition) is 4. The third-order valence-corrected chi connectivity index (χ3v) is 2.40. The van der Waals surface area contributed by atoms with Crippen LogP contribution in [0.2, 0.25) is 0 Å². The van der Waals surface area contributed by atoms with Crippen molar-refractivity contribution >= 4 is 11.3 Å². The van der Waals surface area contributed by atoms with Crippen LogP contribution in [0.3, 0.4) is 0 Å². The predicted molar refractivity (Wildman–Crippen MR) is 55.5 cm³/mol. The normalized spacial score (nSPS) is 10.0. The molecule has 0 aliphatic heterocycles. The zero-order valence-electron chi connectivity index (χ0n) is 7.18. The third kappa shape index (κ3) is 1.52. The maximum absolute atomic E-state index is 11.3. The highest BCUT2D eigenvalue weighted by Gasteiger charge is 2.06. The van der Waals surface area contributed by atoms with Crippen molar-refractivity contribution in [1.82, 2.24) is 4.98 Å². The minimum absolute atomic E-state index is 0.249. The van der Waals surface area contributed by atoms with Crippen LogP contribution in [-0.4, -0.2) is 10.1 Å². The van der Waals surface area contributed by atoms with Crippen LogP contribution in [0.15, 0.2) is 40.0 Å². The first-order valence-corrected chi connectivity index (χ1v) is 4.94. The summed E-state index contributed by atoms with van der Waals surface area (Å²) in [6.45, 7) is 0. The second kappa shape index (κ2) is 3.59. The van der Waals surface area contributed by atoms with Crippen molar-refractivity contribution in [3.8, 4) is 17.0 Å². The fourth-order valence-corrected chi connectivity index (χ4v) is 1.69. The van der Waals surface area contributed by atoms with Crippen molar-refractivity contribution < 1.29 is 5.11 Å². The van der Waals surface area contributed by atoms with E-state index in [1.807, 2.05) is 0 Å². The molecule has 1 heterocycles. The Morgan fingerprint density at radius 1 is 1.29 bits per heavy atom. The molecule has 1 aromatic heterocycles. The maximum Gasteiger partial charge on any atom is 0.220 e. The highest BCUT2D eigenvalue weighted by Crippen LogP contribution is 2.24. The first-order valence-electron chi connectivity index (χ1n) is 4.00. The molecule has 0 saturated heterocycles. The Morgan fingerprint density at radius 2 is 2.07 bits per heavy atom.